The number of benzene rings is 1. The summed E-state index contributed by atoms with van der Waals surface area (Å²) in [6.07, 6.45) is 7.34. The minimum Gasteiger partial charge on any atom is -0.399 e. The second kappa shape index (κ2) is 9.97. The number of nitrogen functional groups attached to an aromatic ring is 1. The molecule has 0 aliphatic heterocycles. The lowest BCUT2D eigenvalue weighted by Gasteiger charge is -2.29. The van der Waals surface area contributed by atoms with Gasteiger partial charge < -0.3 is 21.3 Å². The number of anilines is 1. The Morgan fingerprint density at radius 1 is 1.15 bits per heavy atom. The number of hydrogen-bond donors (Lipinski definition) is 3. The van der Waals surface area contributed by atoms with Gasteiger partial charge in [0.15, 0.2) is 0 Å². The number of likely N-dealkylation sites (N-methyl/N-ethyl adjacent to an activating group) is 1. The zero-order chi connectivity index (χ0) is 18.9. The van der Waals surface area contributed by atoms with Gasteiger partial charge in [0.05, 0.1) is 6.42 Å². The third-order valence-electron chi connectivity index (χ3n) is 4.49. The molecule has 1 aliphatic rings. The molecule has 0 heterocycles. The maximum Gasteiger partial charge on any atom is 0.243 e. The monoisotopic (exact) mass is 358 g/mol. The lowest BCUT2D eigenvalue weighted by molar-refractivity contribution is -0.121. The molecule has 0 atom stereocenters. The summed E-state index contributed by atoms with van der Waals surface area (Å²) in [5.74, 6) is -0.0179. The Morgan fingerprint density at radius 3 is 2.42 bits per heavy atom. The Hall–Kier alpha value is -2.34. The Balaban J connectivity index is 1.68. The van der Waals surface area contributed by atoms with Crippen LogP contribution in [0.15, 0.2) is 36.4 Å². The maximum absolute atomic E-state index is 12.2. The highest BCUT2D eigenvalue weighted by atomic mass is 16.2. The number of carbonyl (C=O) groups is 2. The lowest BCUT2D eigenvalue weighted by atomic mass is 9.91. The predicted molar refractivity (Wildman–Crippen MR) is 105 cm³/mol. The van der Waals surface area contributed by atoms with Crippen molar-refractivity contribution in [3.63, 3.8) is 0 Å². The molecule has 6 heteroatoms. The fraction of sp³-hybridized carbons (Fsp3) is 0.500. The van der Waals surface area contributed by atoms with E-state index in [0.29, 0.717) is 12.1 Å². The molecule has 0 unspecified atom stereocenters. The first-order valence-electron chi connectivity index (χ1n) is 9.18. The summed E-state index contributed by atoms with van der Waals surface area (Å²) in [6, 6.07) is 7.78. The molecule has 6 nitrogen and oxygen atoms in total. The van der Waals surface area contributed by atoms with Crippen molar-refractivity contribution >= 4 is 17.5 Å². The average Bonchev–Trinajstić information content (AvgIpc) is 2.56. The van der Waals surface area contributed by atoms with Gasteiger partial charge in [-0.15, -0.1) is 0 Å². The van der Waals surface area contributed by atoms with Crippen LogP contribution in [0.2, 0.25) is 0 Å². The van der Waals surface area contributed by atoms with Gasteiger partial charge in [-0.2, -0.15) is 0 Å². The van der Waals surface area contributed by atoms with Gasteiger partial charge in [0, 0.05) is 30.4 Å². The van der Waals surface area contributed by atoms with Gasteiger partial charge in [0.2, 0.25) is 11.8 Å². The van der Waals surface area contributed by atoms with E-state index in [-0.39, 0.29) is 23.9 Å². The van der Waals surface area contributed by atoms with E-state index in [1.165, 1.54) is 0 Å². The largest absolute Gasteiger partial charge is 0.399 e. The second-order valence-corrected chi connectivity index (χ2v) is 7.21. The quantitative estimate of drug-likeness (QED) is 0.509. The van der Waals surface area contributed by atoms with Gasteiger partial charge in [-0.3, -0.25) is 9.59 Å². The van der Waals surface area contributed by atoms with Crippen molar-refractivity contribution in [3.05, 3.63) is 42.0 Å². The van der Waals surface area contributed by atoms with Crippen LogP contribution < -0.4 is 16.4 Å². The predicted octanol–water partition coefficient (Wildman–Crippen LogP) is 1.47. The fourth-order valence-corrected chi connectivity index (χ4v) is 3.17. The normalized spacial score (nSPS) is 20.3. The van der Waals surface area contributed by atoms with Gasteiger partial charge in [-0.05, 0) is 57.5 Å². The zero-order valence-electron chi connectivity index (χ0n) is 15.7. The van der Waals surface area contributed by atoms with Gasteiger partial charge >= 0.3 is 0 Å². The molecule has 26 heavy (non-hydrogen) atoms. The highest BCUT2D eigenvalue weighted by molar-refractivity contribution is 5.87. The van der Waals surface area contributed by atoms with Crippen LogP contribution in [0.5, 0.6) is 0 Å². The summed E-state index contributed by atoms with van der Waals surface area (Å²) in [5, 5.41) is 6.14. The number of nitrogens with zero attached hydrogens (tertiary/aromatic N) is 1. The van der Waals surface area contributed by atoms with Crippen molar-refractivity contribution in [1.82, 2.24) is 15.5 Å². The van der Waals surface area contributed by atoms with Crippen LogP contribution in [0.4, 0.5) is 5.69 Å². The number of nitrogens with one attached hydrogen (secondary N) is 2. The summed E-state index contributed by atoms with van der Waals surface area (Å²) < 4.78 is 0. The third-order valence-corrected chi connectivity index (χ3v) is 4.49. The molecule has 0 aromatic heterocycles. The number of nitrogens with two attached hydrogens (primary N) is 1. The van der Waals surface area contributed by atoms with E-state index in [9.17, 15) is 9.59 Å². The summed E-state index contributed by atoms with van der Waals surface area (Å²) >= 11 is 0. The zero-order valence-corrected chi connectivity index (χ0v) is 15.7. The molecule has 2 rings (SSSR count). The van der Waals surface area contributed by atoms with Crippen LogP contribution in [0, 0.1) is 0 Å². The van der Waals surface area contributed by atoms with Crippen LogP contribution in [0.1, 0.15) is 31.2 Å². The van der Waals surface area contributed by atoms with Crippen LogP contribution in [-0.4, -0.2) is 49.4 Å². The molecule has 0 bridgehead atoms. The van der Waals surface area contributed by atoms with Crippen LogP contribution >= 0.6 is 0 Å². The van der Waals surface area contributed by atoms with Crippen molar-refractivity contribution in [2.45, 2.75) is 44.2 Å². The van der Waals surface area contributed by atoms with Crippen LogP contribution in [0.25, 0.3) is 0 Å². The smallest absolute Gasteiger partial charge is 0.243 e. The number of rotatable bonds is 7. The van der Waals surface area contributed by atoms with E-state index in [2.05, 4.69) is 10.6 Å². The molecular weight excluding hydrogens is 328 g/mol. The minimum absolute atomic E-state index is 0.0229. The molecule has 4 N–H and O–H groups in total. The first kappa shape index (κ1) is 20.0. The molecule has 142 valence electrons. The Morgan fingerprint density at radius 2 is 1.81 bits per heavy atom. The molecule has 1 aliphatic carbocycles. The van der Waals surface area contributed by atoms with Crippen molar-refractivity contribution in [2.24, 2.45) is 0 Å². The van der Waals surface area contributed by atoms with E-state index < -0.39 is 0 Å². The summed E-state index contributed by atoms with van der Waals surface area (Å²) in [5.41, 5.74) is 7.34. The van der Waals surface area contributed by atoms with Crippen LogP contribution in [0.3, 0.4) is 0 Å². The molecule has 0 saturated heterocycles. The average molecular weight is 358 g/mol. The first-order chi connectivity index (χ1) is 12.4. The SMILES string of the molecule is CN(C)C/C=C/C(=O)NC1CCC(NC(=O)Cc2cccc(N)c2)CC1. The number of hydrogen-bond acceptors (Lipinski definition) is 4. The van der Waals surface area contributed by atoms with Gasteiger partial charge in [0.1, 0.15) is 0 Å². The highest BCUT2D eigenvalue weighted by Crippen LogP contribution is 2.19. The summed E-state index contributed by atoms with van der Waals surface area (Å²) in [6.45, 7) is 0.749. The molecular formula is C20H30N4O2. The molecule has 1 fully saturated rings. The van der Waals surface area contributed by atoms with Gasteiger partial charge in [-0.25, -0.2) is 0 Å². The van der Waals surface area contributed by atoms with E-state index in [4.69, 9.17) is 5.73 Å². The molecule has 1 aromatic rings. The third kappa shape index (κ3) is 7.27. The summed E-state index contributed by atoms with van der Waals surface area (Å²) in [7, 11) is 3.93. The van der Waals surface area contributed by atoms with Gasteiger partial charge in [-0.1, -0.05) is 18.2 Å². The van der Waals surface area contributed by atoms with E-state index in [1.54, 1.807) is 6.08 Å². The lowest BCUT2D eigenvalue weighted by Crippen LogP contribution is -2.43. The first-order valence-corrected chi connectivity index (χ1v) is 9.18. The molecule has 1 aromatic carbocycles. The van der Waals surface area contributed by atoms with E-state index in [1.807, 2.05) is 49.3 Å². The molecule has 1 saturated carbocycles. The van der Waals surface area contributed by atoms with Crippen molar-refractivity contribution in [3.8, 4) is 0 Å². The number of carbonyl (C=O) groups excluding carboxylic acids is 2. The van der Waals surface area contributed by atoms with E-state index >= 15 is 0 Å². The van der Waals surface area contributed by atoms with Crippen LogP contribution in [-0.2, 0) is 16.0 Å². The Kier molecular flexibility index (Phi) is 7.66. The van der Waals surface area contributed by atoms with Crippen molar-refractivity contribution < 1.29 is 9.59 Å². The topological polar surface area (TPSA) is 87.5 Å². The van der Waals surface area contributed by atoms with Crippen molar-refractivity contribution in [2.75, 3.05) is 26.4 Å². The van der Waals surface area contributed by atoms with Crippen molar-refractivity contribution in [1.29, 1.82) is 0 Å². The summed E-state index contributed by atoms with van der Waals surface area (Å²) in [4.78, 5) is 26.1. The Labute approximate surface area is 155 Å². The number of amides is 2. The molecule has 2 amide bonds. The molecule has 0 spiro atoms. The highest BCUT2D eigenvalue weighted by Gasteiger charge is 2.23. The fourth-order valence-electron chi connectivity index (χ4n) is 3.17. The maximum atomic E-state index is 12.2. The standard InChI is InChI=1S/C20H30N4O2/c1-24(2)12-4-7-19(25)22-17-8-10-18(11-9-17)23-20(26)14-15-5-3-6-16(21)13-15/h3-7,13,17-18H,8-12,14,21H2,1-2H3,(H,22,25)(H,23,26)/b7-4+. The van der Waals surface area contributed by atoms with Gasteiger partial charge in [0.25, 0.3) is 0 Å². The van der Waals surface area contributed by atoms with E-state index in [0.717, 1.165) is 37.8 Å². The minimum atomic E-state index is -0.0407. The Bertz CT molecular complexity index is 634. The molecule has 0 radical (unpaired) electrons. The second-order valence-electron chi connectivity index (χ2n) is 7.21.